The van der Waals surface area contributed by atoms with Crippen molar-refractivity contribution in [3.63, 3.8) is 0 Å². The van der Waals surface area contributed by atoms with Crippen molar-refractivity contribution in [2.24, 2.45) is 0 Å². The smallest absolute Gasteiger partial charge is 0.263 e. The fourth-order valence-corrected chi connectivity index (χ4v) is 2.97. The summed E-state index contributed by atoms with van der Waals surface area (Å²) in [6, 6.07) is 3.39. The van der Waals surface area contributed by atoms with Crippen LogP contribution in [0, 0.1) is 0 Å². The van der Waals surface area contributed by atoms with Gasteiger partial charge in [-0.15, -0.1) is 11.3 Å². The highest BCUT2D eigenvalue weighted by Gasteiger charge is 2.27. The Hall–Kier alpha value is -1.40. The van der Waals surface area contributed by atoms with Gasteiger partial charge in [-0.2, -0.15) is 0 Å². The zero-order valence-corrected chi connectivity index (χ0v) is 11.7. The predicted octanol–water partition coefficient (Wildman–Crippen LogP) is 0.850. The molecule has 1 aromatic heterocycles. The van der Waals surface area contributed by atoms with E-state index in [9.17, 15) is 14.7 Å². The Morgan fingerprint density at radius 2 is 2.16 bits per heavy atom. The minimum absolute atomic E-state index is 0.00525. The van der Waals surface area contributed by atoms with Crippen molar-refractivity contribution in [3.05, 3.63) is 22.4 Å². The second-order valence-corrected chi connectivity index (χ2v) is 5.67. The van der Waals surface area contributed by atoms with E-state index in [1.165, 1.54) is 18.3 Å². The first-order valence-electron chi connectivity index (χ1n) is 6.36. The molecule has 2 N–H and O–H groups in total. The number of hydrogen-bond acceptors (Lipinski definition) is 4. The number of carbonyl (C=O) groups excluding carboxylic acids is 2. The first kappa shape index (κ1) is 14.0. The molecule has 19 heavy (non-hydrogen) atoms. The summed E-state index contributed by atoms with van der Waals surface area (Å²) < 4.78 is 0. The van der Waals surface area contributed by atoms with E-state index in [0.717, 1.165) is 0 Å². The third-order valence-corrected chi connectivity index (χ3v) is 4.13. The van der Waals surface area contributed by atoms with Gasteiger partial charge < -0.3 is 15.3 Å². The molecule has 0 spiro atoms. The third-order valence-electron chi connectivity index (χ3n) is 3.28. The van der Waals surface area contributed by atoms with Gasteiger partial charge in [0, 0.05) is 20.0 Å². The fraction of sp³-hybridized carbons (Fsp3) is 0.538. The Morgan fingerprint density at radius 3 is 2.79 bits per heavy atom. The van der Waals surface area contributed by atoms with Crippen molar-refractivity contribution >= 4 is 23.2 Å². The summed E-state index contributed by atoms with van der Waals surface area (Å²) in [5.74, 6) is -0.146. The van der Waals surface area contributed by atoms with Gasteiger partial charge in [0.25, 0.3) is 5.91 Å². The fourth-order valence-electron chi connectivity index (χ4n) is 2.28. The van der Waals surface area contributed by atoms with Gasteiger partial charge in [0.05, 0.1) is 17.0 Å². The molecule has 1 aromatic rings. The van der Waals surface area contributed by atoms with Crippen molar-refractivity contribution < 1.29 is 14.7 Å². The highest BCUT2D eigenvalue weighted by molar-refractivity contribution is 7.12. The topological polar surface area (TPSA) is 69.6 Å². The van der Waals surface area contributed by atoms with Gasteiger partial charge >= 0.3 is 0 Å². The number of likely N-dealkylation sites (tertiary alicyclic amines) is 1. The summed E-state index contributed by atoms with van der Waals surface area (Å²) in [5.41, 5.74) is 0. The van der Waals surface area contributed by atoms with Crippen LogP contribution in [0.1, 0.15) is 29.4 Å². The number of nitrogens with one attached hydrogen (secondary N) is 1. The molecule has 0 aliphatic carbocycles. The van der Waals surface area contributed by atoms with Crippen LogP contribution < -0.4 is 5.32 Å². The number of aliphatic hydroxyl groups excluding tert-OH is 1. The molecule has 104 valence electrons. The zero-order valence-electron chi connectivity index (χ0n) is 10.8. The first-order valence-corrected chi connectivity index (χ1v) is 7.24. The molecular formula is C13H18N2O3S. The normalized spacial score (nSPS) is 23.8. The highest BCUT2D eigenvalue weighted by atomic mass is 32.1. The number of carbonyl (C=O) groups is 2. The van der Waals surface area contributed by atoms with Crippen LogP contribution in [0.4, 0.5) is 0 Å². The molecule has 0 saturated carbocycles. The number of hydrogen-bond donors (Lipinski definition) is 2. The predicted molar refractivity (Wildman–Crippen MR) is 73.1 cm³/mol. The summed E-state index contributed by atoms with van der Waals surface area (Å²) in [6.07, 6.45) is 0.477. The molecule has 1 aliphatic heterocycles. The summed E-state index contributed by atoms with van der Waals surface area (Å²) in [5, 5.41) is 14.6. The van der Waals surface area contributed by atoms with Gasteiger partial charge in [-0.05, 0) is 24.3 Å². The average molecular weight is 282 g/mol. The molecular weight excluding hydrogens is 264 g/mol. The maximum Gasteiger partial charge on any atom is 0.263 e. The number of rotatable bonds is 2. The van der Waals surface area contributed by atoms with Gasteiger partial charge in [-0.3, -0.25) is 9.59 Å². The van der Waals surface area contributed by atoms with Crippen LogP contribution in [0.25, 0.3) is 0 Å². The quantitative estimate of drug-likeness (QED) is 0.845. The van der Waals surface area contributed by atoms with Crippen LogP contribution in [0.5, 0.6) is 0 Å². The van der Waals surface area contributed by atoms with Gasteiger partial charge in [0.2, 0.25) is 5.91 Å². The van der Waals surface area contributed by atoms with Crippen molar-refractivity contribution in [3.8, 4) is 0 Å². The van der Waals surface area contributed by atoms with Gasteiger partial charge in [0.15, 0.2) is 0 Å². The van der Waals surface area contributed by atoms with Crippen LogP contribution in [-0.2, 0) is 4.79 Å². The van der Waals surface area contributed by atoms with Crippen molar-refractivity contribution in [1.29, 1.82) is 0 Å². The zero-order chi connectivity index (χ0) is 13.8. The molecule has 0 bridgehead atoms. The maximum absolute atomic E-state index is 12.2. The van der Waals surface area contributed by atoms with Crippen LogP contribution in [0.2, 0.25) is 0 Å². The third kappa shape index (κ3) is 3.54. The molecule has 5 nitrogen and oxygen atoms in total. The summed E-state index contributed by atoms with van der Waals surface area (Å²) >= 11 is 1.42. The van der Waals surface area contributed by atoms with Crippen LogP contribution in [0.3, 0.4) is 0 Å². The van der Waals surface area contributed by atoms with E-state index in [2.05, 4.69) is 5.32 Å². The maximum atomic E-state index is 12.2. The Bertz CT molecular complexity index is 447. The van der Waals surface area contributed by atoms with E-state index in [4.69, 9.17) is 0 Å². The van der Waals surface area contributed by atoms with E-state index >= 15 is 0 Å². The number of amides is 2. The summed E-state index contributed by atoms with van der Waals surface area (Å²) in [7, 11) is 0. The Labute approximate surface area is 116 Å². The minimum atomic E-state index is -0.593. The second kappa shape index (κ2) is 6.16. The molecule has 6 heteroatoms. The molecule has 1 aliphatic rings. The summed E-state index contributed by atoms with van der Waals surface area (Å²) in [4.78, 5) is 25.7. The lowest BCUT2D eigenvalue weighted by molar-refractivity contribution is -0.120. The van der Waals surface area contributed by atoms with Gasteiger partial charge in [-0.25, -0.2) is 0 Å². The molecule has 2 heterocycles. The lowest BCUT2D eigenvalue weighted by Crippen LogP contribution is -2.42. The Morgan fingerprint density at radius 1 is 1.42 bits per heavy atom. The number of thiophene rings is 1. The van der Waals surface area contributed by atoms with Crippen molar-refractivity contribution in [1.82, 2.24) is 10.2 Å². The second-order valence-electron chi connectivity index (χ2n) is 4.72. The SMILES string of the molecule is CC(=O)N[C@H]1CCN(C(=O)c2cccs2)CC[C@@H]1O. The van der Waals surface area contributed by atoms with E-state index in [1.54, 1.807) is 11.0 Å². The van der Waals surface area contributed by atoms with E-state index in [1.807, 2.05) is 11.4 Å². The Kier molecular flexibility index (Phi) is 4.55. The first-order chi connectivity index (χ1) is 9.08. The largest absolute Gasteiger partial charge is 0.391 e. The van der Waals surface area contributed by atoms with Crippen LogP contribution in [0.15, 0.2) is 17.5 Å². The van der Waals surface area contributed by atoms with Crippen LogP contribution in [-0.4, -0.2) is 47.1 Å². The molecule has 0 radical (unpaired) electrons. The van der Waals surface area contributed by atoms with Gasteiger partial charge in [0.1, 0.15) is 0 Å². The standard InChI is InChI=1S/C13H18N2O3S/c1-9(16)14-10-4-6-15(7-5-11(10)17)13(18)12-3-2-8-19-12/h2-3,8,10-11,17H,4-7H2,1H3,(H,14,16)/t10-,11-/m0/s1. The van der Waals surface area contributed by atoms with E-state index in [0.29, 0.717) is 30.8 Å². The highest BCUT2D eigenvalue weighted by Crippen LogP contribution is 2.17. The monoisotopic (exact) mass is 282 g/mol. The van der Waals surface area contributed by atoms with E-state index in [-0.39, 0.29) is 17.9 Å². The molecule has 0 unspecified atom stereocenters. The molecule has 2 rings (SSSR count). The van der Waals surface area contributed by atoms with Gasteiger partial charge in [-0.1, -0.05) is 6.07 Å². The molecule has 2 atom stereocenters. The summed E-state index contributed by atoms with van der Waals surface area (Å²) in [6.45, 7) is 2.51. The van der Waals surface area contributed by atoms with Crippen LogP contribution >= 0.6 is 11.3 Å². The van der Waals surface area contributed by atoms with E-state index < -0.39 is 6.10 Å². The Balaban J connectivity index is 1.99. The molecule has 1 saturated heterocycles. The van der Waals surface area contributed by atoms with Crippen molar-refractivity contribution in [2.45, 2.75) is 31.9 Å². The number of nitrogens with zero attached hydrogens (tertiary/aromatic N) is 1. The van der Waals surface area contributed by atoms with Crippen molar-refractivity contribution in [2.75, 3.05) is 13.1 Å². The molecule has 0 aromatic carbocycles. The average Bonchev–Trinajstić information content (AvgIpc) is 2.83. The molecule has 2 amide bonds. The lowest BCUT2D eigenvalue weighted by Gasteiger charge is -2.20. The number of aliphatic hydroxyl groups is 1. The lowest BCUT2D eigenvalue weighted by atomic mass is 10.1. The molecule has 1 fully saturated rings. The minimum Gasteiger partial charge on any atom is -0.391 e.